The minimum Gasteiger partial charge on any atom is -0.497 e. The van der Waals surface area contributed by atoms with E-state index in [0.717, 1.165) is 24.6 Å². The molecule has 2 aromatic rings. The summed E-state index contributed by atoms with van der Waals surface area (Å²) in [6, 6.07) is 9.68. The van der Waals surface area contributed by atoms with Gasteiger partial charge in [0.2, 0.25) is 0 Å². The lowest BCUT2D eigenvalue weighted by atomic mass is 9.87. The molecule has 3 heteroatoms. The largest absolute Gasteiger partial charge is 0.497 e. The number of rotatable bonds is 3. The van der Waals surface area contributed by atoms with Crippen LogP contribution in [-0.2, 0) is 25.8 Å². The smallest absolute Gasteiger partial charge is 0.119 e. The molecule has 1 aromatic carbocycles. The molecule has 3 heterocycles. The lowest BCUT2D eigenvalue weighted by Crippen LogP contribution is -2.38. The molecule has 1 atom stereocenters. The van der Waals surface area contributed by atoms with Crippen LogP contribution in [0, 0.1) is 5.92 Å². The molecule has 0 fully saturated rings. The Balaban J connectivity index is 1.64. The van der Waals surface area contributed by atoms with Crippen molar-refractivity contribution in [3.05, 3.63) is 50.7 Å². The van der Waals surface area contributed by atoms with Crippen molar-refractivity contribution in [2.45, 2.75) is 45.7 Å². The molecule has 2 aliphatic rings. The number of thiophene rings is 1. The minimum atomic E-state index is 0.558. The van der Waals surface area contributed by atoms with E-state index in [-0.39, 0.29) is 0 Å². The summed E-state index contributed by atoms with van der Waals surface area (Å²) in [4.78, 5) is 5.86. The van der Waals surface area contributed by atoms with Crippen molar-refractivity contribution in [1.29, 1.82) is 0 Å². The van der Waals surface area contributed by atoms with Gasteiger partial charge in [0, 0.05) is 35.3 Å². The van der Waals surface area contributed by atoms with Crippen LogP contribution in [0.25, 0.3) is 0 Å². The van der Waals surface area contributed by atoms with Gasteiger partial charge in [-0.05, 0) is 53.6 Å². The van der Waals surface area contributed by atoms with E-state index >= 15 is 0 Å². The Bertz CT molecular complexity index is 718. The van der Waals surface area contributed by atoms with Crippen LogP contribution >= 0.6 is 11.3 Å². The van der Waals surface area contributed by atoms with Gasteiger partial charge in [-0.15, -0.1) is 11.3 Å². The molecule has 0 saturated carbocycles. The summed E-state index contributed by atoms with van der Waals surface area (Å²) in [5.41, 5.74) is 4.58. The first-order valence-corrected chi connectivity index (χ1v) is 9.47. The van der Waals surface area contributed by atoms with E-state index in [9.17, 15) is 0 Å². The summed E-state index contributed by atoms with van der Waals surface area (Å²) in [6.07, 6.45) is 3.54. The second-order valence-corrected chi connectivity index (χ2v) is 8.49. The molecule has 122 valence electrons. The quantitative estimate of drug-likeness (QED) is 0.816. The van der Waals surface area contributed by atoms with E-state index in [4.69, 9.17) is 4.74 Å². The molecular formula is C20H25NOS. The Kier molecular flexibility index (Phi) is 3.94. The molecule has 1 aromatic heterocycles. The number of methoxy groups -OCH3 is 1. The maximum Gasteiger partial charge on any atom is 0.119 e. The van der Waals surface area contributed by atoms with Crippen LogP contribution in [-0.4, -0.2) is 18.6 Å². The van der Waals surface area contributed by atoms with Gasteiger partial charge in [0.15, 0.2) is 0 Å². The van der Waals surface area contributed by atoms with E-state index in [1.54, 1.807) is 22.4 Å². The number of ether oxygens (including phenoxy) is 1. The van der Waals surface area contributed by atoms with Crippen molar-refractivity contribution >= 4 is 11.3 Å². The number of benzene rings is 1. The van der Waals surface area contributed by atoms with Gasteiger partial charge in [-0.25, -0.2) is 0 Å². The Labute approximate surface area is 143 Å². The third kappa shape index (κ3) is 2.81. The monoisotopic (exact) mass is 327 g/mol. The second-order valence-electron chi connectivity index (χ2n) is 7.26. The van der Waals surface area contributed by atoms with Crippen LogP contribution in [0.4, 0.5) is 0 Å². The maximum atomic E-state index is 5.40. The van der Waals surface area contributed by atoms with Crippen LogP contribution in [0.3, 0.4) is 0 Å². The molecule has 4 rings (SSSR count). The average molecular weight is 327 g/mol. The zero-order chi connectivity index (χ0) is 16.0. The topological polar surface area (TPSA) is 12.5 Å². The lowest BCUT2D eigenvalue weighted by Gasteiger charge is -2.40. The molecule has 23 heavy (non-hydrogen) atoms. The summed E-state index contributed by atoms with van der Waals surface area (Å²) in [7, 11) is 1.76. The fraction of sp³-hybridized carbons (Fsp3) is 0.500. The predicted octanol–water partition coefficient (Wildman–Crippen LogP) is 4.61. The molecule has 0 bridgehead atoms. The second kappa shape index (κ2) is 5.95. The van der Waals surface area contributed by atoms with Crippen molar-refractivity contribution in [3.63, 3.8) is 0 Å². The molecule has 0 spiro atoms. The van der Waals surface area contributed by atoms with Crippen molar-refractivity contribution in [2.75, 3.05) is 13.7 Å². The Morgan fingerprint density at radius 3 is 2.91 bits per heavy atom. The van der Waals surface area contributed by atoms with Crippen LogP contribution in [0.1, 0.15) is 46.3 Å². The zero-order valence-corrected chi connectivity index (χ0v) is 15.1. The van der Waals surface area contributed by atoms with Gasteiger partial charge < -0.3 is 4.74 Å². The minimum absolute atomic E-state index is 0.558. The van der Waals surface area contributed by atoms with E-state index in [1.807, 2.05) is 0 Å². The van der Waals surface area contributed by atoms with Crippen molar-refractivity contribution in [2.24, 2.45) is 5.92 Å². The molecule has 1 unspecified atom stereocenters. The third-order valence-electron chi connectivity index (χ3n) is 5.13. The fourth-order valence-electron chi connectivity index (χ4n) is 4.03. The van der Waals surface area contributed by atoms with Gasteiger partial charge in [0.25, 0.3) is 0 Å². The van der Waals surface area contributed by atoms with Gasteiger partial charge in [0.1, 0.15) is 5.75 Å². The predicted molar refractivity (Wildman–Crippen MR) is 96.4 cm³/mol. The first-order chi connectivity index (χ1) is 11.1. The Morgan fingerprint density at radius 2 is 2.13 bits per heavy atom. The molecule has 0 amide bonds. The van der Waals surface area contributed by atoms with Gasteiger partial charge >= 0.3 is 0 Å². The van der Waals surface area contributed by atoms with Gasteiger partial charge in [-0.2, -0.15) is 0 Å². The summed E-state index contributed by atoms with van der Waals surface area (Å²) < 4.78 is 5.40. The normalized spacial score (nSPS) is 20.1. The van der Waals surface area contributed by atoms with Crippen molar-refractivity contribution in [3.8, 4) is 5.75 Å². The summed E-state index contributed by atoms with van der Waals surface area (Å²) >= 11 is 2.05. The highest BCUT2D eigenvalue weighted by Gasteiger charge is 2.33. The highest BCUT2D eigenvalue weighted by molar-refractivity contribution is 7.12. The number of fused-ring (bicyclic) bond motifs is 4. The first-order valence-electron chi connectivity index (χ1n) is 8.65. The molecule has 0 saturated heterocycles. The summed E-state index contributed by atoms with van der Waals surface area (Å²) in [5.74, 6) is 1.73. The number of hydrogen-bond donors (Lipinski definition) is 0. The standard InChI is InChI=1S/C20H25NOS/c1-13(2)8-17-10-15-12-21-7-6-14-9-16(22-3)4-5-18(14)19(21)11-20(15)23-17/h4-5,9-10,13,19H,6-8,11-12H2,1-3H3. The van der Waals surface area contributed by atoms with Crippen LogP contribution in [0.15, 0.2) is 24.3 Å². The third-order valence-corrected chi connectivity index (χ3v) is 6.35. The maximum absolute atomic E-state index is 5.40. The van der Waals surface area contributed by atoms with E-state index in [0.29, 0.717) is 6.04 Å². The zero-order valence-electron chi connectivity index (χ0n) is 14.3. The first kappa shape index (κ1) is 15.2. The van der Waals surface area contributed by atoms with E-state index in [2.05, 4.69) is 54.3 Å². The SMILES string of the molecule is COc1ccc2c(c1)CCN1Cc3cc(CC(C)C)sc3CC21. The van der Waals surface area contributed by atoms with Crippen LogP contribution in [0.5, 0.6) is 5.75 Å². The molecule has 0 radical (unpaired) electrons. The van der Waals surface area contributed by atoms with Crippen LogP contribution in [0.2, 0.25) is 0 Å². The number of nitrogens with zero attached hydrogens (tertiary/aromatic N) is 1. The molecule has 2 nitrogen and oxygen atoms in total. The Hall–Kier alpha value is -1.32. The lowest BCUT2D eigenvalue weighted by molar-refractivity contribution is 0.162. The fourth-order valence-corrected chi connectivity index (χ4v) is 5.46. The molecule has 0 N–H and O–H groups in total. The Morgan fingerprint density at radius 1 is 1.26 bits per heavy atom. The summed E-state index contributed by atoms with van der Waals surface area (Å²) in [5, 5.41) is 0. The average Bonchev–Trinajstić information content (AvgIpc) is 2.92. The van der Waals surface area contributed by atoms with Gasteiger partial charge in [0.05, 0.1) is 7.11 Å². The summed E-state index contributed by atoms with van der Waals surface area (Å²) in [6.45, 7) is 6.91. The highest BCUT2D eigenvalue weighted by Crippen LogP contribution is 2.41. The van der Waals surface area contributed by atoms with E-state index < -0.39 is 0 Å². The molecule has 0 aliphatic carbocycles. The van der Waals surface area contributed by atoms with Crippen molar-refractivity contribution < 1.29 is 4.74 Å². The molecular weight excluding hydrogens is 302 g/mol. The number of hydrogen-bond acceptors (Lipinski definition) is 3. The van der Waals surface area contributed by atoms with E-state index in [1.165, 1.54) is 30.5 Å². The molecule has 2 aliphatic heterocycles. The highest BCUT2D eigenvalue weighted by atomic mass is 32.1. The van der Waals surface area contributed by atoms with Crippen molar-refractivity contribution in [1.82, 2.24) is 4.90 Å². The van der Waals surface area contributed by atoms with Gasteiger partial charge in [-0.1, -0.05) is 19.9 Å². The van der Waals surface area contributed by atoms with Gasteiger partial charge in [-0.3, -0.25) is 4.90 Å². The van der Waals surface area contributed by atoms with Crippen LogP contribution < -0.4 is 4.74 Å².